The van der Waals surface area contributed by atoms with Gasteiger partial charge < -0.3 is 10.6 Å². The number of rotatable bonds is 5. The molecule has 0 spiro atoms. The maximum Gasteiger partial charge on any atom is 0.227 e. The van der Waals surface area contributed by atoms with Crippen LogP contribution in [0.2, 0.25) is 4.34 Å². The number of carbonyl (C=O) groups excluding carboxylic acids is 1. The van der Waals surface area contributed by atoms with Gasteiger partial charge in [0.05, 0.1) is 10.4 Å². The van der Waals surface area contributed by atoms with Crippen molar-refractivity contribution in [2.24, 2.45) is 5.92 Å². The highest BCUT2D eigenvalue weighted by atomic mass is 35.5. The molecule has 1 aliphatic rings. The van der Waals surface area contributed by atoms with Crippen molar-refractivity contribution in [3.63, 3.8) is 0 Å². The van der Waals surface area contributed by atoms with Gasteiger partial charge in [0.25, 0.3) is 0 Å². The van der Waals surface area contributed by atoms with E-state index < -0.39 is 0 Å². The van der Waals surface area contributed by atoms with Crippen molar-refractivity contribution in [1.82, 2.24) is 0 Å². The fourth-order valence-corrected chi connectivity index (χ4v) is 3.22. The summed E-state index contributed by atoms with van der Waals surface area (Å²) in [5.41, 5.74) is 1.83. The third-order valence-electron chi connectivity index (χ3n) is 3.48. The first-order chi connectivity index (χ1) is 10.1. The zero-order chi connectivity index (χ0) is 14.8. The molecular weight excluding hydrogens is 304 g/mol. The fraction of sp³-hybridized carbons (Fsp3) is 0.312. The van der Waals surface area contributed by atoms with Crippen LogP contribution >= 0.6 is 22.9 Å². The van der Waals surface area contributed by atoms with Crippen molar-refractivity contribution in [1.29, 1.82) is 0 Å². The van der Waals surface area contributed by atoms with Gasteiger partial charge in [0.2, 0.25) is 5.91 Å². The van der Waals surface area contributed by atoms with Gasteiger partial charge in [-0.15, -0.1) is 11.3 Å². The van der Waals surface area contributed by atoms with Crippen LogP contribution < -0.4 is 10.6 Å². The van der Waals surface area contributed by atoms with Gasteiger partial charge in [0.1, 0.15) is 0 Å². The normalized spacial score (nSPS) is 15.5. The highest BCUT2D eigenvalue weighted by Crippen LogP contribution is 2.31. The third-order valence-corrected chi connectivity index (χ3v) is 4.90. The molecule has 5 heteroatoms. The lowest BCUT2D eigenvalue weighted by Gasteiger charge is -2.15. The molecule has 1 unspecified atom stereocenters. The number of benzene rings is 1. The molecule has 1 aromatic heterocycles. The average Bonchev–Trinajstić information content (AvgIpc) is 3.21. The molecule has 0 saturated heterocycles. The second kappa shape index (κ2) is 6.08. The minimum absolute atomic E-state index is 0.130. The standard InChI is InChI=1S/C16H17ClN2OS/c1-10(14-7-8-15(17)21-14)18-12-3-2-4-13(9-12)19-16(20)11-5-6-11/h2-4,7-11,18H,5-6H2,1H3,(H,19,20). The van der Waals surface area contributed by atoms with Gasteiger partial charge in [-0.3, -0.25) is 4.79 Å². The molecule has 110 valence electrons. The quantitative estimate of drug-likeness (QED) is 0.820. The molecule has 1 fully saturated rings. The molecule has 1 heterocycles. The van der Waals surface area contributed by atoms with Gasteiger partial charge in [-0.25, -0.2) is 0 Å². The summed E-state index contributed by atoms with van der Waals surface area (Å²) in [5.74, 6) is 0.346. The Hall–Kier alpha value is -1.52. The number of amides is 1. The summed E-state index contributed by atoms with van der Waals surface area (Å²) >= 11 is 7.54. The molecule has 0 aliphatic heterocycles. The first-order valence-electron chi connectivity index (χ1n) is 7.04. The predicted octanol–water partition coefficient (Wildman–Crippen LogP) is 4.92. The monoisotopic (exact) mass is 320 g/mol. The zero-order valence-electron chi connectivity index (χ0n) is 11.7. The summed E-state index contributed by atoms with van der Waals surface area (Å²) in [6, 6.07) is 11.9. The van der Waals surface area contributed by atoms with E-state index in [0.29, 0.717) is 0 Å². The molecule has 3 nitrogen and oxygen atoms in total. The van der Waals surface area contributed by atoms with E-state index in [0.717, 1.165) is 28.6 Å². The van der Waals surface area contributed by atoms with Gasteiger partial charge in [-0.2, -0.15) is 0 Å². The summed E-state index contributed by atoms with van der Waals surface area (Å²) in [7, 11) is 0. The van der Waals surface area contributed by atoms with Crippen molar-refractivity contribution in [3.8, 4) is 0 Å². The Bertz CT molecular complexity index is 651. The van der Waals surface area contributed by atoms with Crippen LogP contribution in [0, 0.1) is 5.92 Å². The predicted molar refractivity (Wildman–Crippen MR) is 89.2 cm³/mol. The molecule has 0 bridgehead atoms. The first kappa shape index (κ1) is 14.4. The molecule has 1 atom stereocenters. The fourth-order valence-electron chi connectivity index (χ4n) is 2.16. The number of hydrogen-bond donors (Lipinski definition) is 2. The number of halogens is 1. The molecule has 21 heavy (non-hydrogen) atoms. The summed E-state index contributed by atoms with van der Waals surface area (Å²) in [4.78, 5) is 13.0. The Morgan fingerprint density at radius 1 is 1.29 bits per heavy atom. The van der Waals surface area contributed by atoms with E-state index in [9.17, 15) is 4.79 Å². The van der Waals surface area contributed by atoms with E-state index in [4.69, 9.17) is 11.6 Å². The average molecular weight is 321 g/mol. The lowest BCUT2D eigenvalue weighted by molar-refractivity contribution is -0.117. The minimum Gasteiger partial charge on any atom is -0.378 e. The molecule has 3 rings (SSSR count). The number of carbonyl (C=O) groups is 1. The maximum absolute atomic E-state index is 11.8. The molecule has 2 aromatic rings. The highest BCUT2D eigenvalue weighted by molar-refractivity contribution is 7.16. The largest absolute Gasteiger partial charge is 0.378 e. The molecular formula is C16H17ClN2OS. The van der Waals surface area contributed by atoms with Gasteiger partial charge in [-0.1, -0.05) is 17.7 Å². The first-order valence-corrected chi connectivity index (χ1v) is 8.24. The lowest BCUT2D eigenvalue weighted by atomic mass is 10.2. The van der Waals surface area contributed by atoms with Crippen LogP contribution in [0.4, 0.5) is 11.4 Å². The van der Waals surface area contributed by atoms with Crippen molar-refractivity contribution >= 4 is 40.2 Å². The van der Waals surface area contributed by atoms with E-state index in [1.807, 2.05) is 36.4 Å². The zero-order valence-corrected chi connectivity index (χ0v) is 13.3. The van der Waals surface area contributed by atoms with E-state index in [2.05, 4.69) is 17.6 Å². The van der Waals surface area contributed by atoms with Crippen LogP contribution in [-0.2, 0) is 4.79 Å². The van der Waals surface area contributed by atoms with Gasteiger partial charge in [-0.05, 0) is 50.1 Å². The number of nitrogens with one attached hydrogen (secondary N) is 2. The Labute approximate surface area is 133 Å². The smallest absolute Gasteiger partial charge is 0.227 e. The maximum atomic E-state index is 11.8. The van der Waals surface area contributed by atoms with Crippen molar-refractivity contribution in [2.45, 2.75) is 25.8 Å². The van der Waals surface area contributed by atoms with E-state index >= 15 is 0 Å². The lowest BCUT2D eigenvalue weighted by Crippen LogP contribution is -2.13. The van der Waals surface area contributed by atoms with Gasteiger partial charge >= 0.3 is 0 Å². The number of thiophene rings is 1. The molecule has 1 amide bonds. The Morgan fingerprint density at radius 3 is 2.71 bits per heavy atom. The highest BCUT2D eigenvalue weighted by Gasteiger charge is 2.29. The van der Waals surface area contributed by atoms with E-state index in [1.165, 1.54) is 4.88 Å². The van der Waals surface area contributed by atoms with E-state index in [1.54, 1.807) is 11.3 Å². The Morgan fingerprint density at radius 2 is 2.05 bits per heavy atom. The molecule has 1 aromatic carbocycles. The van der Waals surface area contributed by atoms with Crippen molar-refractivity contribution < 1.29 is 4.79 Å². The van der Waals surface area contributed by atoms with Crippen molar-refractivity contribution in [3.05, 3.63) is 45.6 Å². The van der Waals surface area contributed by atoms with Gasteiger partial charge in [0, 0.05) is 22.2 Å². The van der Waals surface area contributed by atoms with Crippen molar-refractivity contribution in [2.75, 3.05) is 10.6 Å². The third kappa shape index (κ3) is 3.77. The molecule has 0 radical (unpaired) electrons. The SMILES string of the molecule is CC(Nc1cccc(NC(=O)C2CC2)c1)c1ccc(Cl)s1. The summed E-state index contributed by atoms with van der Waals surface area (Å²) in [5, 5.41) is 6.39. The van der Waals surface area contributed by atoms with Crippen LogP contribution in [0.25, 0.3) is 0 Å². The summed E-state index contributed by atoms with van der Waals surface area (Å²) in [6.45, 7) is 2.09. The molecule has 2 N–H and O–H groups in total. The second-order valence-electron chi connectivity index (χ2n) is 5.35. The topological polar surface area (TPSA) is 41.1 Å². The number of anilines is 2. The summed E-state index contributed by atoms with van der Waals surface area (Å²) < 4.78 is 0.795. The second-order valence-corrected chi connectivity index (χ2v) is 7.10. The van der Waals surface area contributed by atoms with Crippen LogP contribution in [0.15, 0.2) is 36.4 Å². The Balaban J connectivity index is 1.66. The summed E-state index contributed by atoms with van der Waals surface area (Å²) in [6.07, 6.45) is 2.03. The number of hydrogen-bond acceptors (Lipinski definition) is 3. The van der Waals surface area contributed by atoms with Crippen LogP contribution in [0.3, 0.4) is 0 Å². The van der Waals surface area contributed by atoms with Gasteiger partial charge in [0.15, 0.2) is 0 Å². The Kier molecular flexibility index (Phi) is 4.17. The van der Waals surface area contributed by atoms with E-state index in [-0.39, 0.29) is 17.9 Å². The van der Waals surface area contributed by atoms with Crippen LogP contribution in [0.1, 0.15) is 30.7 Å². The van der Waals surface area contributed by atoms with Crippen LogP contribution in [-0.4, -0.2) is 5.91 Å². The minimum atomic E-state index is 0.130. The van der Waals surface area contributed by atoms with Crippen LogP contribution in [0.5, 0.6) is 0 Å². The molecule has 1 aliphatic carbocycles. The molecule has 1 saturated carbocycles.